The molecule has 3 atom stereocenters. The smallest absolute Gasteiger partial charge is 0.145 e. The van der Waals surface area contributed by atoms with Gasteiger partial charge in [-0.05, 0) is 48.6 Å². The van der Waals surface area contributed by atoms with Gasteiger partial charge in [0.05, 0.1) is 19.3 Å². The zero-order valence-corrected chi connectivity index (χ0v) is 14.6. The third kappa shape index (κ3) is 4.85. The molecule has 0 spiro atoms. The van der Waals surface area contributed by atoms with E-state index in [2.05, 4.69) is 11.8 Å². The molecule has 1 heterocycles. The summed E-state index contributed by atoms with van der Waals surface area (Å²) in [7, 11) is 1.58. The van der Waals surface area contributed by atoms with Crippen LogP contribution in [0.1, 0.15) is 5.56 Å². The summed E-state index contributed by atoms with van der Waals surface area (Å²) in [5.41, 5.74) is 0.0746. The molecule has 1 aliphatic heterocycles. The number of halogens is 2. The van der Waals surface area contributed by atoms with Crippen molar-refractivity contribution in [2.75, 3.05) is 13.7 Å². The number of benzene rings is 2. The number of methoxy groups -OCH3 is 1. The topological polar surface area (TPSA) is 47.9 Å². The first-order chi connectivity index (χ1) is 13.1. The van der Waals surface area contributed by atoms with Gasteiger partial charge in [-0.15, -0.1) is 0 Å². The Kier molecular flexibility index (Phi) is 6.07. The fourth-order valence-electron chi connectivity index (χ4n) is 2.54. The van der Waals surface area contributed by atoms with Crippen LogP contribution in [-0.2, 0) is 4.74 Å². The molecule has 0 unspecified atom stereocenters. The van der Waals surface area contributed by atoms with Crippen LogP contribution in [0.25, 0.3) is 0 Å². The highest BCUT2D eigenvalue weighted by Gasteiger charge is 2.27. The lowest BCUT2D eigenvalue weighted by molar-refractivity contribution is -0.0549. The molecule has 0 saturated heterocycles. The molecule has 0 radical (unpaired) electrons. The maximum absolute atomic E-state index is 13.6. The zero-order valence-electron chi connectivity index (χ0n) is 14.6. The van der Waals surface area contributed by atoms with Gasteiger partial charge in [0, 0.05) is 6.07 Å². The standard InChI is InChI=1S/C21H18F2O4/c1-25-16-6-8-18(9-7-16)26-20-11-10-17(27-21(20)13-24)5-3-14-2-4-15(22)12-19(14)23/h2,4,6-12,17,20-21,24H,13H2,1H3/t17-,20+,21-/m1/s1. The molecule has 2 aromatic carbocycles. The maximum Gasteiger partial charge on any atom is 0.145 e. The molecular formula is C21H18F2O4. The summed E-state index contributed by atoms with van der Waals surface area (Å²) in [6, 6.07) is 10.2. The van der Waals surface area contributed by atoms with E-state index >= 15 is 0 Å². The first-order valence-electron chi connectivity index (χ1n) is 8.31. The van der Waals surface area contributed by atoms with Crippen molar-refractivity contribution in [3.63, 3.8) is 0 Å². The third-order valence-corrected chi connectivity index (χ3v) is 3.96. The van der Waals surface area contributed by atoms with Crippen molar-refractivity contribution >= 4 is 0 Å². The Balaban J connectivity index is 1.70. The van der Waals surface area contributed by atoms with Crippen molar-refractivity contribution in [3.05, 3.63) is 71.8 Å². The van der Waals surface area contributed by atoms with E-state index in [1.807, 2.05) is 0 Å². The molecule has 6 heteroatoms. The van der Waals surface area contributed by atoms with E-state index in [9.17, 15) is 13.9 Å². The van der Waals surface area contributed by atoms with E-state index in [1.165, 1.54) is 6.07 Å². The average Bonchev–Trinajstić information content (AvgIpc) is 2.68. The Hall–Kier alpha value is -2.88. The molecule has 1 N–H and O–H groups in total. The SMILES string of the molecule is COc1ccc(O[C@H]2C=C[C@@H](C#Cc3ccc(F)cc3F)O[C@@H]2CO)cc1. The molecule has 0 fully saturated rings. The van der Waals surface area contributed by atoms with E-state index in [0.29, 0.717) is 11.5 Å². The van der Waals surface area contributed by atoms with Crippen LogP contribution in [0.3, 0.4) is 0 Å². The second kappa shape index (κ2) is 8.67. The summed E-state index contributed by atoms with van der Waals surface area (Å²) in [5, 5.41) is 9.59. The highest BCUT2D eigenvalue weighted by molar-refractivity contribution is 5.37. The first-order valence-corrected chi connectivity index (χ1v) is 8.31. The molecule has 0 aliphatic carbocycles. The molecule has 0 amide bonds. The highest BCUT2D eigenvalue weighted by atomic mass is 19.1. The average molecular weight is 372 g/mol. The molecular weight excluding hydrogens is 354 g/mol. The van der Waals surface area contributed by atoms with Crippen LogP contribution < -0.4 is 9.47 Å². The minimum Gasteiger partial charge on any atom is -0.497 e. The lowest BCUT2D eigenvalue weighted by atomic mass is 10.1. The Bertz CT molecular complexity index is 868. The largest absolute Gasteiger partial charge is 0.497 e. The fraction of sp³-hybridized carbons (Fsp3) is 0.238. The summed E-state index contributed by atoms with van der Waals surface area (Å²) >= 11 is 0. The van der Waals surface area contributed by atoms with Gasteiger partial charge in [0.25, 0.3) is 0 Å². The molecule has 27 heavy (non-hydrogen) atoms. The van der Waals surface area contributed by atoms with Gasteiger partial charge in [-0.3, -0.25) is 0 Å². The van der Waals surface area contributed by atoms with Crippen molar-refractivity contribution in [2.24, 2.45) is 0 Å². The number of rotatable bonds is 4. The van der Waals surface area contributed by atoms with Crippen LogP contribution in [0.4, 0.5) is 8.78 Å². The Morgan fingerprint density at radius 3 is 2.48 bits per heavy atom. The fourth-order valence-corrected chi connectivity index (χ4v) is 2.54. The van der Waals surface area contributed by atoms with E-state index < -0.39 is 29.9 Å². The molecule has 0 aromatic heterocycles. The van der Waals surface area contributed by atoms with Crippen LogP contribution in [0.15, 0.2) is 54.6 Å². The van der Waals surface area contributed by atoms with Crippen LogP contribution in [-0.4, -0.2) is 37.1 Å². The van der Waals surface area contributed by atoms with Crippen molar-refractivity contribution in [3.8, 4) is 23.3 Å². The van der Waals surface area contributed by atoms with E-state index in [1.54, 1.807) is 43.5 Å². The van der Waals surface area contributed by atoms with Gasteiger partial charge in [-0.1, -0.05) is 11.8 Å². The molecule has 1 aliphatic rings. The summed E-state index contributed by atoms with van der Waals surface area (Å²) in [6.07, 6.45) is 1.66. The second-order valence-electron chi connectivity index (χ2n) is 5.81. The monoisotopic (exact) mass is 372 g/mol. The Morgan fingerprint density at radius 1 is 1.07 bits per heavy atom. The van der Waals surface area contributed by atoms with Gasteiger partial charge in [0.15, 0.2) is 0 Å². The summed E-state index contributed by atoms with van der Waals surface area (Å²) in [6.45, 7) is -0.270. The van der Waals surface area contributed by atoms with E-state index in [-0.39, 0.29) is 12.2 Å². The second-order valence-corrected chi connectivity index (χ2v) is 5.81. The van der Waals surface area contributed by atoms with Crippen molar-refractivity contribution in [1.82, 2.24) is 0 Å². The van der Waals surface area contributed by atoms with Crippen LogP contribution in [0.2, 0.25) is 0 Å². The number of ether oxygens (including phenoxy) is 3. The normalized spacial score (nSPS) is 21.3. The molecule has 0 bridgehead atoms. The molecule has 4 nitrogen and oxygen atoms in total. The predicted octanol–water partition coefficient (Wildman–Crippen LogP) is 3.09. The first kappa shape index (κ1) is 18.9. The van der Waals surface area contributed by atoms with Crippen molar-refractivity contribution < 1.29 is 28.1 Å². The van der Waals surface area contributed by atoms with E-state index in [0.717, 1.165) is 12.1 Å². The van der Waals surface area contributed by atoms with Crippen molar-refractivity contribution in [2.45, 2.75) is 18.3 Å². The van der Waals surface area contributed by atoms with Crippen LogP contribution in [0, 0.1) is 23.5 Å². The van der Waals surface area contributed by atoms with Gasteiger partial charge in [0.1, 0.15) is 41.4 Å². The number of hydrogen-bond donors (Lipinski definition) is 1. The van der Waals surface area contributed by atoms with Crippen LogP contribution >= 0.6 is 0 Å². The lowest BCUT2D eigenvalue weighted by Crippen LogP contribution is -2.40. The summed E-state index contributed by atoms with van der Waals surface area (Å²) < 4.78 is 43.2. The highest BCUT2D eigenvalue weighted by Crippen LogP contribution is 2.22. The summed E-state index contributed by atoms with van der Waals surface area (Å²) in [4.78, 5) is 0. The minimum atomic E-state index is -0.735. The summed E-state index contributed by atoms with van der Waals surface area (Å²) in [5.74, 6) is 5.30. The van der Waals surface area contributed by atoms with Crippen LogP contribution in [0.5, 0.6) is 11.5 Å². The lowest BCUT2D eigenvalue weighted by Gasteiger charge is -2.29. The third-order valence-electron chi connectivity index (χ3n) is 3.96. The zero-order chi connectivity index (χ0) is 19.2. The quantitative estimate of drug-likeness (QED) is 0.662. The van der Waals surface area contributed by atoms with E-state index in [4.69, 9.17) is 14.2 Å². The van der Waals surface area contributed by atoms with Crippen molar-refractivity contribution in [1.29, 1.82) is 0 Å². The number of aliphatic hydroxyl groups excluding tert-OH is 1. The maximum atomic E-state index is 13.6. The van der Waals surface area contributed by atoms with Gasteiger partial charge >= 0.3 is 0 Å². The van der Waals surface area contributed by atoms with Gasteiger partial charge in [-0.2, -0.15) is 0 Å². The minimum absolute atomic E-state index is 0.0746. The molecule has 2 aromatic rings. The number of hydrogen-bond acceptors (Lipinski definition) is 4. The molecule has 140 valence electrons. The van der Waals surface area contributed by atoms with Gasteiger partial charge < -0.3 is 19.3 Å². The number of aliphatic hydroxyl groups is 1. The molecule has 0 saturated carbocycles. The Morgan fingerprint density at radius 2 is 1.81 bits per heavy atom. The molecule has 3 rings (SSSR count). The van der Waals surface area contributed by atoms with Gasteiger partial charge in [-0.25, -0.2) is 8.78 Å². The predicted molar refractivity (Wildman–Crippen MR) is 95.5 cm³/mol. The Labute approximate surface area is 156 Å². The van der Waals surface area contributed by atoms with Gasteiger partial charge in [0.2, 0.25) is 0 Å².